The molecule has 0 heterocycles. The van der Waals surface area contributed by atoms with E-state index in [9.17, 15) is 9.36 Å². The van der Waals surface area contributed by atoms with Crippen molar-refractivity contribution in [1.29, 1.82) is 0 Å². The van der Waals surface area contributed by atoms with Crippen molar-refractivity contribution in [2.24, 2.45) is 5.41 Å². The maximum absolute atomic E-state index is 11.2. The molecule has 84 valence electrons. The molecule has 7 heteroatoms. The van der Waals surface area contributed by atoms with Crippen molar-refractivity contribution >= 4 is 13.8 Å². The monoisotopic (exact) mass is 226 g/mol. The molecule has 0 rings (SSSR count). The number of phosphoric acid groups is 1. The molecule has 0 amide bonds. The Bertz CT molecular complexity index is 243. The van der Waals surface area contributed by atoms with E-state index in [0.717, 1.165) is 0 Å². The van der Waals surface area contributed by atoms with Gasteiger partial charge in [-0.15, -0.1) is 0 Å². The maximum atomic E-state index is 11.2. The molecule has 0 bridgehead atoms. The van der Waals surface area contributed by atoms with Gasteiger partial charge < -0.3 is 14.5 Å². The Balaban J connectivity index is 3.93. The minimum Gasteiger partial charge on any atom is -0.437 e. The number of phosphoric ester groups is 1. The molecule has 0 fully saturated rings. The van der Waals surface area contributed by atoms with Gasteiger partial charge in [-0.1, -0.05) is 6.92 Å². The van der Waals surface area contributed by atoms with Gasteiger partial charge in [-0.25, -0.2) is 9.09 Å². The minimum absolute atomic E-state index is 0.548. The number of carbonyl (C=O) groups is 1. The highest BCUT2D eigenvalue weighted by atomic mass is 31.2. The van der Waals surface area contributed by atoms with Crippen molar-refractivity contribution in [3.63, 3.8) is 0 Å². The molecular weight excluding hydrogens is 211 g/mol. The van der Waals surface area contributed by atoms with Crippen molar-refractivity contribution in [1.82, 2.24) is 0 Å². The summed E-state index contributed by atoms with van der Waals surface area (Å²) in [6.45, 7) is 4.43. The topological polar surface area (TPSA) is 93.1 Å². The fourth-order valence-corrected chi connectivity index (χ4v) is 0.678. The second-order valence-electron chi connectivity index (χ2n) is 3.41. The van der Waals surface area contributed by atoms with Crippen LogP contribution < -0.4 is 0 Å². The van der Waals surface area contributed by atoms with Gasteiger partial charge in [0.25, 0.3) is 0 Å². The lowest BCUT2D eigenvalue weighted by molar-refractivity contribution is -0.161. The van der Waals surface area contributed by atoms with E-state index in [1.165, 1.54) is 0 Å². The lowest BCUT2D eigenvalue weighted by atomic mass is 9.91. The van der Waals surface area contributed by atoms with E-state index in [4.69, 9.17) is 9.79 Å². The van der Waals surface area contributed by atoms with Gasteiger partial charge in [0.1, 0.15) is 0 Å². The van der Waals surface area contributed by atoms with Crippen molar-refractivity contribution < 1.29 is 28.4 Å². The molecule has 2 N–H and O–H groups in total. The molecule has 6 nitrogen and oxygen atoms in total. The van der Waals surface area contributed by atoms with Gasteiger partial charge >= 0.3 is 13.8 Å². The minimum atomic E-state index is -4.56. The average Bonchev–Trinajstić information content (AvgIpc) is 2.02. The number of carbonyl (C=O) groups excluding carboxylic acids is 1. The summed E-state index contributed by atoms with van der Waals surface area (Å²) in [5.74, 6) is -0.548. The average molecular weight is 226 g/mol. The Hall–Kier alpha value is -0.420. The van der Waals surface area contributed by atoms with E-state index in [0.29, 0.717) is 6.42 Å². The van der Waals surface area contributed by atoms with Gasteiger partial charge in [0.15, 0.2) is 0 Å². The van der Waals surface area contributed by atoms with Crippen molar-refractivity contribution in [2.75, 3.05) is 6.79 Å². The molecule has 0 aliphatic heterocycles. The van der Waals surface area contributed by atoms with Gasteiger partial charge in [-0.2, -0.15) is 0 Å². The summed E-state index contributed by atoms with van der Waals surface area (Å²) < 4.78 is 18.7. The first-order valence-corrected chi connectivity index (χ1v) is 5.59. The second-order valence-corrected chi connectivity index (χ2v) is 4.65. The molecule has 0 aromatic rings. The predicted octanol–water partition coefficient (Wildman–Crippen LogP) is 1.03. The molecular formula is C7H15O6P. The Morgan fingerprint density at radius 3 is 2.29 bits per heavy atom. The van der Waals surface area contributed by atoms with Crippen molar-refractivity contribution in [3.8, 4) is 0 Å². The molecule has 0 aromatic carbocycles. The molecule has 0 aliphatic carbocycles. The zero-order chi connectivity index (χ0) is 11.4. The summed E-state index contributed by atoms with van der Waals surface area (Å²) >= 11 is 0. The molecule has 0 aliphatic rings. The molecule has 0 atom stereocenters. The molecule has 0 unspecified atom stereocenters. The fraction of sp³-hybridized carbons (Fsp3) is 0.857. The van der Waals surface area contributed by atoms with E-state index in [1.54, 1.807) is 13.8 Å². The van der Waals surface area contributed by atoms with E-state index in [1.807, 2.05) is 6.92 Å². The number of hydrogen-bond donors (Lipinski definition) is 2. The number of esters is 1. The number of rotatable bonds is 5. The first-order chi connectivity index (χ1) is 6.19. The third-order valence-corrected chi connectivity index (χ3v) is 2.29. The van der Waals surface area contributed by atoms with Gasteiger partial charge in [0, 0.05) is 0 Å². The van der Waals surface area contributed by atoms with Crippen LogP contribution >= 0.6 is 7.82 Å². The van der Waals surface area contributed by atoms with Crippen LogP contribution in [-0.2, 0) is 18.6 Å². The maximum Gasteiger partial charge on any atom is 0.472 e. The van der Waals surface area contributed by atoms with Crippen molar-refractivity contribution in [3.05, 3.63) is 0 Å². The summed E-state index contributed by atoms with van der Waals surface area (Å²) in [6, 6.07) is 0. The van der Waals surface area contributed by atoms with Crippen LogP contribution in [0.5, 0.6) is 0 Å². The quantitative estimate of drug-likeness (QED) is 0.413. The molecule has 0 saturated heterocycles. The third-order valence-electron chi connectivity index (χ3n) is 1.85. The summed E-state index contributed by atoms with van der Waals surface area (Å²) in [6.07, 6.45) is 0.571. The largest absolute Gasteiger partial charge is 0.472 e. The summed E-state index contributed by atoms with van der Waals surface area (Å²) in [4.78, 5) is 27.8. The Kier molecular flexibility index (Phi) is 4.74. The zero-order valence-electron chi connectivity index (χ0n) is 8.39. The third kappa shape index (κ3) is 5.34. The van der Waals surface area contributed by atoms with Crippen LogP contribution in [0.1, 0.15) is 27.2 Å². The summed E-state index contributed by atoms with van der Waals surface area (Å²) in [5.41, 5.74) is -0.668. The SMILES string of the molecule is CCC(C)(C)C(=O)OCOP(=O)(O)O. The van der Waals surface area contributed by atoms with Crippen molar-refractivity contribution in [2.45, 2.75) is 27.2 Å². The zero-order valence-corrected chi connectivity index (χ0v) is 9.28. The van der Waals surface area contributed by atoms with Crippen LogP contribution in [0.4, 0.5) is 0 Å². The molecule has 0 spiro atoms. The Labute approximate surface area is 82.5 Å². The van der Waals surface area contributed by atoms with Crippen LogP contribution in [-0.4, -0.2) is 22.5 Å². The van der Waals surface area contributed by atoms with Crippen LogP contribution in [0.25, 0.3) is 0 Å². The molecule has 0 aromatic heterocycles. The van der Waals surface area contributed by atoms with Crippen LogP contribution in [0.3, 0.4) is 0 Å². The molecule has 0 radical (unpaired) electrons. The lowest BCUT2D eigenvalue weighted by Crippen LogP contribution is -2.26. The Morgan fingerprint density at radius 1 is 1.43 bits per heavy atom. The van der Waals surface area contributed by atoms with E-state index < -0.39 is 26.0 Å². The van der Waals surface area contributed by atoms with Gasteiger partial charge in [0.2, 0.25) is 6.79 Å². The van der Waals surface area contributed by atoms with Gasteiger partial charge in [0.05, 0.1) is 5.41 Å². The summed E-state index contributed by atoms with van der Waals surface area (Å²) in [5, 5.41) is 0. The van der Waals surface area contributed by atoms with Gasteiger partial charge in [-0.05, 0) is 20.3 Å². The van der Waals surface area contributed by atoms with E-state index >= 15 is 0 Å². The van der Waals surface area contributed by atoms with Gasteiger partial charge in [-0.3, -0.25) is 4.79 Å². The highest BCUT2D eigenvalue weighted by Gasteiger charge is 2.27. The van der Waals surface area contributed by atoms with E-state index in [2.05, 4.69) is 9.26 Å². The first-order valence-electron chi connectivity index (χ1n) is 4.06. The molecule has 14 heavy (non-hydrogen) atoms. The van der Waals surface area contributed by atoms with Crippen LogP contribution in [0.2, 0.25) is 0 Å². The van der Waals surface area contributed by atoms with E-state index in [-0.39, 0.29) is 0 Å². The highest BCUT2D eigenvalue weighted by molar-refractivity contribution is 7.46. The standard InChI is InChI=1S/C7H15O6P/c1-4-7(2,3)6(8)12-5-13-14(9,10)11/h4-5H2,1-3H3,(H2,9,10,11). The van der Waals surface area contributed by atoms with Crippen LogP contribution in [0.15, 0.2) is 0 Å². The molecule has 0 saturated carbocycles. The fourth-order valence-electron chi connectivity index (χ4n) is 0.488. The second kappa shape index (κ2) is 4.89. The Morgan fingerprint density at radius 2 is 1.93 bits per heavy atom. The lowest BCUT2D eigenvalue weighted by Gasteiger charge is -2.20. The van der Waals surface area contributed by atoms with Crippen LogP contribution in [0, 0.1) is 5.41 Å². The number of ether oxygens (including phenoxy) is 1. The number of hydrogen-bond acceptors (Lipinski definition) is 4. The first kappa shape index (κ1) is 13.6. The summed E-state index contributed by atoms with van der Waals surface area (Å²) in [7, 11) is -4.56. The highest BCUT2D eigenvalue weighted by Crippen LogP contribution is 2.35. The smallest absolute Gasteiger partial charge is 0.437 e. The normalized spacial score (nSPS) is 12.6. The predicted molar refractivity (Wildman–Crippen MR) is 48.2 cm³/mol.